The van der Waals surface area contributed by atoms with Crippen LogP contribution < -0.4 is 5.32 Å². The number of rotatable bonds is 3. The average molecular weight is 306 g/mol. The molecule has 1 nitrogen and oxygen atoms in total. The fourth-order valence-corrected chi connectivity index (χ4v) is 3.89. The van der Waals surface area contributed by atoms with Gasteiger partial charge in [0.25, 0.3) is 0 Å². The zero-order valence-electron chi connectivity index (χ0n) is 11.0. The van der Waals surface area contributed by atoms with Crippen LogP contribution in [0.5, 0.6) is 0 Å². The third-order valence-electron chi connectivity index (χ3n) is 4.55. The maximum Gasteiger partial charge on any atom is 0.0489 e. The topological polar surface area (TPSA) is 12.0 Å². The maximum absolute atomic E-state index is 3.70. The first kappa shape index (κ1) is 12.3. The summed E-state index contributed by atoms with van der Waals surface area (Å²) in [5, 5.41) is 3.70. The van der Waals surface area contributed by atoms with E-state index in [4.69, 9.17) is 0 Å². The van der Waals surface area contributed by atoms with Gasteiger partial charge in [0.05, 0.1) is 0 Å². The van der Waals surface area contributed by atoms with E-state index in [-0.39, 0.29) is 0 Å². The van der Waals surface area contributed by atoms with E-state index in [2.05, 4.69) is 65.4 Å². The van der Waals surface area contributed by atoms with Gasteiger partial charge in [0.1, 0.15) is 0 Å². The first-order valence-corrected chi connectivity index (χ1v) is 7.64. The molecule has 0 radical (unpaired) electrons. The van der Waals surface area contributed by atoms with Gasteiger partial charge in [-0.05, 0) is 72.0 Å². The molecule has 4 atom stereocenters. The van der Waals surface area contributed by atoms with Crippen molar-refractivity contribution in [1.82, 2.24) is 0 Å². The molecule has 1 saturated carbocycles. The van der Waals surface area contributed by atoms with Gasteiger partial charge in [0.2, 0.25) is 0 Å². The lowest BCUT2D eigenvalue weighted by Crippen LogP contribution is -2.29. The Kier molecular flexibility index (Phi) is 3.23. The van der Waals surface area contributed by atoms with Crippen LogP contribution in [0.15, 0.2) is 34.8 Å². The highest BCUT2D eigenvalue weighted by Crippen LogP contribution is 2.45. The van der Waals surface area contributed by atoms with Crippen molar-refractivity contribution in [3.8, 4) is 0 Å². The smallest absolute Gasteiger partial charge is 0.0489 e. The Hall–Kier alpha value is -0.760. The van der Waals surface area contributed by atoms with Crippen molar-refractivity contribution in [1.29, 1.82) is 0 Å². The molecular formula is C16H20BrN. The molecular weight excluding hydrogens is 286 g/mol. The largest absolute Gasteiger partial charge is 0.381 e. The lowest BCUT2D eigenvalue weighted by molar-refractivity contribution is 0.400. The van der Waals surface area contributed by atoms with Crippen LogP contribution in [0.25, 0.3) is 0 Å². The average Bonchev–Trinajstić information content (AvgIpc) is 2.97. The molecule has 0 aromatic heterocycles. The molecule has 2 aliphatic carbocycles. The fourth-order valence-electron chi connectivity index (χ4n) is 3.51. The zero-order valence-corrected chi connectivity index (χ0v) is 12.6. The Morgan fingerprint density at radius 2 is 2.11 bits per heavy atom. The van der Waals surface area contributed by atoms with Crippen molar-refractivity contribution in [2.45, 2.75) is 32.7 Å². The van der Waals surface area contributed by atoms with E-state index in [1.807, 2.05) is 0 Å². The quantitative estimate of drug-likeness (QED) is 0.793. The van der Waals surface area contributed by atoms with E-state index in [1.54, 1.807) is 0 Å². The zero-order chi connectivity index (χ0) is 12.7. The Morgan fingerprint density at radius 1 is 1.28 bits per heavy atom. The summed E-state index contributed by atoms with van der Waals surface area (Å²) >= 11 is 3.68. The molecule has 1 N–H and O–H groups in total. The van der Waals surface area contributed by atoms with Crippen LogP contribution in [0.3, 0.4) is 0 Å². The summed E-state index contributed by atoms with van der Waals surface area (Å²) in [6.07, 6.45) is 7.59. The number of halogens is 1. The minimum atomic E-state index is 0.544. The molecule has 0 heterocycles. The minimum absolute atomic E-state index is 0.544. The van der Waals surface area contributed by atoms with Crippen LogP contribution in [-0.4, -0.2) is 6.04 Å². The van der Waals surface area contributed by atoms with Crippen LogP contribution in [0.4, 0.5) is 5.69 Å². The second kappa shape index (κ2) is 4.73. The van der Waals surface area contributed by atoms with Crippen LogP contribution in [0.1, 0.15) is 25.3 Å². The molecule has 3 rings (SSSR count). The molecule has 2 heteroatoms. The van der Waals surface area contributed by atoms with E-state index in [1.165, 1.54) is 28.6 Å². The fraction of sp³-hybridized carbons (Fsp3) is 0.500. The van der Waals surface area contributed by atoms with Crippen molar-refractivity contribution >= 4 is 21.6 Å². The molecule has 1 fully saturated rings. The van der Waals surface area contributed by atoms with Crippen molar-refractivity contribution < 1.29 is 0 Å². The molecule has 2 bridgehead atoms. The molecule has 18 heavy (non-hydrogen) atoms. The standard InChI is InChI=1S/C16H20BrN/c1-10-4-3-5-15(16(10)17)18-11(2)14-9-12-6-7-13(14)8-12/h3-7,11-14,18H,8-9H2,1-2H3. The first-order valence-electron chi connectivity index (χ1n) is 6.85. The summed E-state index contributed by atoms with van der Waals surface area (Å²) < 4.78 is 1.20. The van der Waals surface area contributed by atoms with Gasteiger partial charge in [-0.3, -0.25) is 0 Å². The Morgan fingerprint density at radius 3 is 2.78 bits per heavy atom. The molecule has 1 aromatic carbocycles. The monoisotopic (exact) mass is 305 g/mol. The summed E-state index contributed by atoms with van der Waals surface area (Å²) in [5.74, 6) is 2.46. The van der Waals surface area contributed by atoms with Crippen molar-refractivity contribution in [2.24, 2.45) is 17.8 Å². The summed E-state index contributed by atoms with van der Waals surface area (Å²) in [7, 11) is 0. The van der Waals surface area contributed by atoms with E-state index < -0.39 is 0 Å². The molecule has 2 aliphatic rings. The third kappa shape index (κ3) is 2.11. The predicted molar refractivity (Wildman–Crippen MR) is 80.8 cm³/mol. The van der Waals surface area contributed by atoms with Gasteiger partial charge >= 0.3 is 0 Å². The van der Waals surface area contributed by atoms with Gasteiger partial charge in [-0.1, -0.05) is 24.3 Å². The summed E-state index contributed by atoms with van der Waals surface area (Å²) in [6, 6.07) is 6.97. The molecule has 1 aromatic rings. The van der Waals surface area contributed by atoms with Crippen LogP contribution in [0.2, 0.25) is 0 Å². The molecule has 0 spiro atoms. The molecule has 0 aliphatic heterocycles. The molecule has 0 saturated heterocycles. The number of hydrogen-bond donors (Lipinski definition) is 1. The highest BCUT2D eigenvalue weighted by Gasteiger charge is 2.38. The van der Waals surface area contributed by atoms with Crippen molar-refractivity contribution in [3.05, 3.63) is 40.4 Å². The van der Waals surface area contributed by atoms with Gasteiger partial charge in [0.15, 0.2) is 0 Å². The molecule has 0 amide bonds. The van der Waals surface area contributed by atoms with Gasteiger partial charge in [0, 0.05) is 16.2 Å². The predicted octanol–water partition coefficient (Wildman–Crippen LogP) is 4.77. The number of benzene rings is 1. The van der Waals surface area contributed by atoms with Gasteiger partial charge in [-0.2, -0.15) is 0 Å². The van der Waals surface area contributed by atoms with Crippen molar-refractivity contribution in [3.63, 3.8) is 0 Å². The molecule has 4 unspecified atom stereocenters. The minimum Gasteiger partial charge on any atom is -0.381 e. The van der Waals surface area contributed by atoms with E-state index >= 15 is 0 Å². The van der Waals surface area contributed by atoms with E-state index in [0.29, 0.717) is 6.04 Å². The third-order valence-corrected chi connectivity index (χ3v) is 5.60. The molecule has 96 valence electrons. The SMILES string of the molecule is Cc1cccc(NC(C)C2CC3C=CC2C3)c1Br. The second-order valence-electron chi connectivity index (χ2n) is 5.81. The lowest BCUT2D eigenvalue weighted by atomic mass is 9.87. The summed E-state index contributed by atoms with van der Waals surface area (Å²) in [4.78, 5) is 0. The lowest BCUT2D eigenvalue weighted by Gasteiger charge is -2.27. The number of hydrogen-bond acceptors (Lipinski definition) is 1. The van der Waals surface area contributed by atoms with Crippen LogP contribution in [0, 0.1) is 24.7 Å². The first-order chi connectivity index (χ1) is 8.65. The van der Waals surface area contributed by atoms with Crippen LogP contribution in [-0.2, 0) is 0 Å². The van der Waals surface area contributed by atoms with Crippen molar-refractivity contribution in [2.75, 3.05) is 5.32 Å². The highest BCUT2D eigenvalue weighted by atomic mass is 79.9. The highest BCUT2D eigenvalue weighted by molar-refractivity contribution is 9.10. The maximum atomic E-state index is 3.70. The van der Waals surface area contributed by atoms with E-state index in [0.717, 1.165) is 17.8 Å². The number of aryl methyl sites for hydroxylation is 1. The second-order valence-corrected chi connectivity index (χ2v) is 6.61. The normalized spacial score (nSPS) is 30.7. The number of fused-ring (bicyclic) bond motifs is 2. The Bertz CT molecular complexity index is 480. The van der Waals surface area contributed by atoms with Gasteiger partial charge in [-0.25, -0.2) is 0 Å². The van der Waals surface area contributed by atoms with Crippen LogP contribution >= 0.6 is 15.9 Å². The number of nitrogens with one attached hydrogen (secondary N) is 1. The Balaban J connectivity index is 1.73. The summed E-state index contributed by atoms with van der Waals surface area (Å²) in [6.45, 7) is 4.47. The summed E-state index contributed by atoms with van der Waals surface area (Å²) in [5.41, 5.74) is 2.52. The Labute approximate surface area is 118 Å². The number of allylic oxidation sites excluding steroid dienone is 2. The number of anilines is 1. The van der Waals surface area contributed by atoms with Gasteiger partial charge < -0.3 is 5.32 Å². The van der Waals surface area contributed by atoms with Gasteiger partial charge in [-0.15, -0.1) is 0 Å². The van der Waals surface area contributed by atoms with E-state index in [9.17, 15) is 0 Å².